The van der Waals surface area contributed by atoms with Crippen molar-refractivity contribution in [3.05, 3.63) is 46.0 Å². The van der Waals surface area contributed by atoms with E-state index in [1.165, 1.54) is 36.6 Å². The molecule has 2 aliphatic carbocycles. The molecular formula is C33H51N5O3S+2. The van der Waals surface area contributed by atoms with Gasteiger partial charge in [-0.05, 0) is 62.5 Å². The Morgan fingerprint density at radius 1 is 1.17 bits per heavy atom. The van der Waals surface area contributed by atoms with Crippen LogP contribution < -0.4 is 15.1 Å². The number of nitrogens with zero attached hydrogens (tertiary/aromatic N) is 2. The summed E-state index contributed by atoms with van der Waals surface area (Å²) in [6.07, 6.45) is 2.11. The Labute approximate surface area is 255 Å². The van der Waals surface area contributed by atoms with E-state index >= 15 is 0 Å². The molecule has 0 radical (unpaired) electrons. The molecule has 1 aliphatic heterocycles. The van der Waals surface area contributed by atoms with Crippen LogP contribution in [0.2, 0.25) is 0 Å². The lowest BCUT2D eigenvalue weighted by atomic mass is 9.53. The smallest absolute Gasteiger partial charge is 0.257 e. The number of piperazine rings is 1. The first-order valence-electron chi connectivity index (χ1n) is 16.1. The number of aromatic nitrogens is 1. The fourth-order valence-electron chi connectivity index (χ4n) is 8.05. The highest BCUT2D eigenvalue weighted by atomic mass is 32.1. The number of thiazole rings is 1. The van der Waals surface area contributed by atoms with Crippen molar-refractivity contribution in [2.24, 2.45) is 23.2 Å². The van der Waals surface area contributed by atoms with Crippen molar-refractivity contribution < 1.29 is 24.5 Å². The summed E-state index contributed by atoms with van der Waals surface area (Å²) in [4.78, 5) is 37.6. The lowest BCUT2D eigenvalue weighted by Crippen LogP contribution is -3.26. The average Bonchev–Trinajstić information content (AvgIpc) is 3.36. The number of hydrogen-bond acceptors (Lipinski definition) is 5. The Morgan fingerprint density at radius 2 is 1.83 bits per heavy atom. The Balaban J connectivity index is 1.25. The minimum absolute atomic E-state index is 0.0257. The van der Waals surface area contributed by atoms with E-state index in [2.05, 4.69) is 38.3 Å². The number of fused-ring (bicyclic) bond motifs is 2. The maximum atomic E-state index is 13.2. The SMILES string of the molecule is CCN(CC)C(=O)[C@@H](C)[C@@H]1CC[C@]2(C)Cc3sc(NC(=O)c4ccc(C[NH+]5CC[NH+](C)CC5)cc4)nc3[C@@H](C)[C@@H]2[C@H]1O. The summed E-state index contributed by atoms with van der Waals surface area (Å²) in [6.45, 7) is 17.7. The third kappa shape index (κ3) is 6.16. The number of aliphatic hydroxyl groups is 1. The van der Waals surface area contributed by atoms with E-state index in [1.807, 2.05) is 37.8 Å². The molecule has 1 saturated carbocycles. The minimum Gasteiger partial charge on any atom is -0.392 e. The molecule has 1 aromatic heterocycles. The molecule has 4 N–H and O–H groups in total. The summed E-state index contributed by atoms with van der Waals surface area (Å²) in [5.41, 5.74) is 2.84. The van der Waals surface area contributed by atoms with Gasteiger partial charge < -0.3 is 19.8 Å². The van der Waals surface area contributed by atoms with Crippen LogP contribution in [0.5, 0.6) is 0 Å². The van der Waals surface area contributed by atoms with E-state index in [0.717, 1.165) is 31.5 Å². The van der Waals surface area contributed by atoms with Gasteiger partial charge in [-0.3, -0.25) is 14.9 Å². The Morgan fingerprint density at radius 3 is 2.48 bits per heavy atom. The first-order chi connectivity index (χ1) is 20.0. The Kier molecular flexibility index (Phi) is 9.42. The number of benzene rings is 1. The molecule has 8 nitrogen and oxygen atoms in total. The van der Waals surface area contributed by atoms with Gasteiger partial charge in [0.05, 0.1) is 18.8 Å². The van der Waals surface area contributed by atoms with Crippen LogP contribution in [-0.4, -0.2) is 79.2 Å². The summed E-state index contributed by atoms with van der Waals surface area (Å²) in [6, 6.07) is 8.01. The molecule has 2 amide bonds. The van der Waals surface area contributed by atoms with Crippen molar-refractivity contribution in [3.63, 3.8) is 0 Å². The summed E-state index contributed by atoms with van der Waals surface area (Å²) in [5.74, 6) is -0.184. The second kappa shape index (κ2) is 12.7. The molecule has 230 valence electrons. The van der Waals surface area contributed by atoms with Crippen LogP contribution in [0, 0.1) is 23.2 Å². The number of quaternary nitrogens is 2. The summed E-state index contributed by atoms with van der Waals surface area (Å²) in [7, 11) is 2.26. The highest BCUT2D eigenvalue weighted by Crippen LogP contribution is 2.57. The van der Waals surface area contributed by atoms with Crippen LogP contribution in [0.15, 0.2) is 24.3 Å². The molecule has 9 heteroatoms. The number of hydrogen-bond donors (Lipinski definition) is 4. The van der Waals surface area contributed by atoms with Crippen LogP contribution >= 0.6 is 11.3 Å². The molecule has 0 spiro atoms. The van der Waals surface area contributed by atoms with E-state index in [1.54, 1.807) is 21.1 Å². The highest BCUT2D eigenvalue weighted by Gasteiger charge is 2.54. The zero-order chi connectivity index (χ0) is 30.2. The van der Waals surface area contributed by atoms with Gasteiger partial charge in [0.15, 0.2) is 5.13 Å². The van der Waals surface area contributed by atoms with Gasteiger partial charge in [0, 0.05) is 40.9 Å². The third-order valence-corrected chi connectivity index (χ3v) is 11.7. The molecule has 2 heterocycles. The van der Waals surface area contributed by atoms with Gasteiger partial charge in [-0.15, -0.1) is 11.3 Å². The number of aliphatic hydroxyl groups excluding tert-OH is 1. The largest absolute Gasteiger partial charge is 0.392 e. The van der Waals surface area contributed by atoms with Crippen molar-refractivity contribution in [3.8, 4) is 0 Å². The molecule has 6 atom stereocenters. The van der Waals surface area contributed by atoms with Crippen LogP contribution in [0.4, 0.5) is 5.13 Å². The molecule has 3 aliphatic rings. The van der Waals surface area contributed by atoms with Gasteiger partial charge >= 0.3 is 0 Å². The maximum absolute atomic E-state index is 13.2. The second-order valence-corrected chi connectivity index (χ2v) is 14.6. The predicted octanol–water partition coefficient (Wildman–Crippen LogP) is 1.87. The second-order valence-electron chi connectivity index (χ2n) is 13.5. The van der Waals surface area contributed by atoms with Crippen LogP contribution in [0.1, 0.15) is 79.9 Å². The molecule has 2 fully saturated rings. The fourth-order valence-corrected chi connectivity index (χ4v) is 9.30. The lowest BCUT2D eigenvalue weighted by molar-refractivity contribution is -1.01. The van der Waals surface area contributed by atoms with Gasteiger partial charge in [-0.2, -0.15) is 0 Å². The van der Waals surface area contributed by atoms with Crippen molar-refractivity contribution >= 4 is 28.3 Å². The average molecular weight is 598 g/mol. The van der Waals surface area contributed by atoms with E-state index < -0.39 is 6.10 Å². The van der Waals surface area contributed by atoms with E-state index in [0.29, 0.717) is 23.8 Å². The molecule has 0 bridgehead atoms. The summed E-state index contributed by atoms with van der Waals surface area (Å²) >= 11 is 1.58. The number of carbonyl (C=O) groups is 2. The van der Waals surface area contributed by atoms with Crippen LogP contribution in [0.3, 0.4) is 0 Å². The number of amides is 2. The Bertz CT molecular complexity index is 1250. The van der Waals surface area contributed by atoms with Gasteiger partial charge in [-0.1, -0.05) is 32.9 Å². The highest BCUT2D eigenvalue weighted by molar-refractivity contribution is 7.15. The molecule has 1 aromatic carbocycles. The van der Waals surface area contributed by atoms with Gasteiger partial charge in [0.2, 0.25) is 5.91 Å². The maximum Gasteiger partial charge on any atom is 0.257 e. The number of nitrogens with one attached hydrogen (secondary N) is 3. The molecule has 5 rings (SSSR count). The van der Waals surface area contributed by atoms with Gasteiger partial charge in [-0.25, -0.2) is 4.98 Å². The van der Waals surface area contributed by atoms with Crippen LogP contribution in [0.25, 0.3) is 0 Å². The van der Waals surface area contributed by atoms with E-state index in [-0.39, 0.29) is 40.9 Å². The first kappa shape index (κ1) is 31.1. The monoisotopic (exact) mass is 597 g/mol. The molecule has 1 saturated heterocycles. The van der Waals surface area contributed by atoms with Crippen molar-refractivity contribution in [1.82, 2.24) is 9.88 Å². The molecule has 42 heavy (non-hydrogen) atoms. The van der Waals surface area contributed by atoms with E-state index in [4.69, 9.17) is 4.98 Å². The zero-order valence-electron chi connectivity index (χ0n) is 26.3. The summed E-state index contributed by atoms with van der Waals surface area (Å²) in [5, 5.41) is 15.4. The number of likely N-dealkylation sites (N-methyl/N-ethyl adjacent to an activating group) is 1. The number of rotatable bonds is 8. The fraction of sp³-hybridized carbons (Fsp3) is 0.667. The van der Waals surface area contributed by atoms with Gasteiger partial charge in [0.25, 0.3) is 5.91 Å². The standard InChI is InChI=1S/C33H49N5O3S/c1-7-38(8-2)31(41)21(3)25-13-14-33(5)19-26-28(22(4)27(33)29(25)39)34-32(42-26)35-30(40)24-11-9-23(10-12-24)20-37-17-15-36(6)16-18-37/h9-12,21-22,25,27,29,39H,7-8,13-20H2,1-6H3,(H,34,35,40)/p+2/t21-,22-,25-,27+,29-,33+/m0/s1. The quantitative estimate of drug-likeness (QED) is 0.374. The van der Waals surface area contributed by atoms with Gasteiger partial charge in [0.1, 0.15) is 32.7 Å². The lowest BCUT2D eigenvalue weighted by Gasteiger charge is -2.53. The molecular weight excluding hydrogens is 546 g/mol. The zero-order valence-corrected chi connectivity index (χ0v) is 27.2. The molecule has 0 unspecified atom stereocenters. The van der Waals surface area contributed by atoms with Crippen molar-refractivity contribution in [1.29, 1.82) is 0 Å². The molecule has 2 aromatic rings. The van der Waals surface area contributed by atoms with E-state index in [9.17, 15) is 14.7 Å². The van der Waals surface area contributed by atoms with Crippen LogP contribution in [-0.2, 0) is 17.8 Å². The topological polar surface area (TPSA) is 91.4 Å². The third-order valence-electron chi connectivity index (χ3n) is 10.7. The summed E-state index contributed by atoms with van der Waals surface area (Å²) < 4.78 is 0. The van der Waals surface area contributed by atoms with Crippen molar-refractivity contribution in [2.45, 2.75) is 72.4 Å². The first-order valence-corrected chi connectivity index (χ1v) is 16.9. The van der Waals surface area contributed by atoms with Crippen molar-refractivity contribution in [2.75, 3.05) is 51.6 Å². The Hall–Kier alpha value is -2.33. The minimum atomic E-state index is -0.561. The number of carbonyl (C=O) groups excluding carboxylic acids is 2. The normalized spacial score (nSPS) is 31.5. The predicted molar refractivity (Wildman–Crippen MR) is 167 cm³/mol. The number of anilines is 1.